The summed E-state index contributed by atoms with van der Waals surface area (Å²) >= 11 is 0. The van der Waals surface area contributed by atoms with Crippen molar-refractivity contribution in [3.8, 4) is 0 Å². The van der Waals surface area contributed by atoms with E-state index in [4.69, 9.17) is 0 Å². The highest BCUT2D eigenvalue weighted by molar-refractivity contribution is 6.01. The summed E-state index contributed by atoms with van der Waals surface area (Å²) in [6.45, 7) is 6.41. The lowest BCUT2D eigenvalue weighted by molar-refractivity contribution is 0.258. The van der Waals surface area contributed by atoms with Crippen molar-refractivity contribution in [2.75, 3.05) is 17.3 Å². The van der Waals surface area contributed by atoms with E-state index >= 15 is 0 Å². The molecule has 2 rings (SSSR count). The summed E-state index contributed by atoms with van der Waals surface area (Å²) in [5.74, 6) is 0. The molecule has 0 aromatic heterocycles. The Balaban J connectivity index is 2.21. The van der Waals surface area contributed by atoms with Crippen molar-refractivity contribution < 1.29 is 4.79 Å². The molecule has 0 radical (unpaired) electrons. The largest absolute Gasteiger partial charge is 0.326 e. The maximum atomic E-state index is 12.4. The normalized spacial score (nSPS) is 11.0. The topological polar surface area (TPSA) is 32.3 Å². The van der Waals surface area contributed by atoms with E-state index < -0.39 is 0 Å². The number of carbonyl (C=O) groups excluding carboxylic acids is 1. The lowest BCUT2D eigenvalue weighted by Gasteiger charge is -2.25. The summed E-state index contributed by atoms with van der Waals surface area (Å²) in [5.41, 5.74) is 2.83. The number of nitrogens with one attached hydrogen (secondary N) is 1. The van der Waals surface area contributed by atoms with Crippen LogP contribution in [-0.4, -0.2) is 13.1 Å². The van der Waals surface area contributed by atoms with Gasteiger partial charge in [0.25, 0.3) is 0 Å². The van der Waals surface area contributed by atoms with Gasteiger partial charge < -0.3 is 5.32 Å². The molecule has 0 unspecified atom stereocenters. The van der Waals surface area contributed by atoms with Crippen LogP contribution in [0.3, 0.4) is 0 Å². The van der Waals surface area contributed by atoms with Crippen LogP contribution in [0.15, 0.2) is 54.6 Å². The third-order valence-electron chi connectivity index (χ3n) is 3.42. The Labute approximate surface area is 126 Å². The Morgan fingerprint density at radius 1 is 0.952 bits per heavy atom. The molecule has 0 saturated carbocycles. The Bertz CT molecular complexity index is 615. The second kappa shape index (κ2) is 6.00. The standard InChI is InChI=1S/C18H22N2O/c1-18(2,3)15-12-8-9-13-16(15)19-17(21)20(4)14-10-6-5-7-11-14/h5-13H,1-4H3,(H,19,21). The van der Waals surface area contributed by atoms with E-state index in [2.05, 4.69) is 32.2 Å². The van der Waals surface area contributed by atoms with E-state index in [9.17, 15) is 4.79 Å². The molecule has 0 bridgehead atoms. The first-order valence-corrected chi connectivity index (χ1v) is 7.09. The fourth-order valence-corrected chi connectivity index (χ4v) is 2.21. The highest BCUT2D eigenvalue weighted by atomic mass is 16.2. The molecule has 0 atom stereocenters. The van der Waals surface area contributed by atoms with E-state index in [-0.39, 0.29) is 11.4 Å². The van der Waals surface area contributed by atoms with Crippen LogP contribution < -0.4 is 10.2 Å². The van der Waals surface area contributed by atoms with Gasteiger partial charge in [-0.15, -0.1) is 0 Å². The predicted octanol–water partition coefficient (Wildman–Crippen LogP) is 4.65. The second-order valence-corrected chi connectivity index (χ2v) is 6.12. The molecule has 2 aromatic carbocycles. The van der Waals surface area contributed by atoms with E-state index in [1.807, 2.05) is 48.5 Å². The molecular formula is C18H22N2O. The number of urea groups is 1. The van der Waals surface area contributed by atoms with Crippen LogP contribution in [0.1, 0.15) is 26.3 Å². The number of carbonyl (C=O) groups is 1. The van der Waals surface area contributed by atoms with Crippen LogP contribution in [0.4, 0.5) is 16.2 Å². The molecule has 0 saturated heterocycles. The molecule has 3 heteroatoms. The first-order valence-electron chi connectivity index (χ1n) is 7.09. The van der Waals surface area contributed by atoms with Crippen molar-refractivity contribution in [2.45, 2.75) is 26.2 Å². The summed E-state index contributed by atoms with van der Waals surface area (Å²) in [6.07, 6.45) is 0. The number of hydrogen-bond donors (Lipinski definition) is 1. The van der Waals surface area contributed by atoms with Crippen LogP contribution in [-0.2, 0) is 5.41 Å². The fraction of sp³-hybridized carbons (Fsp3) is 0.278. The summed E-state index contributed by atoms with van der Waals surface area (Å²) in [7, 11) is 1.77. The molecule has 0 aliphatic carbocycles. The molecule has 2 amide bonds. The van der Waals surface area contributed by atoms with Gasteiger partial charge in [0.05, 0.1) is 0 Å². The molecule has 0 spiro atoms. The number of rotatable bonds is 2. The maximum Gasteiger partial charge on any atom is 0.326 e. The molecule has 21 heavy (non-hydrogen) atoms. The van der Waals surface area contributed by atoms with E-state index in [0.29, 0.717) is 0 Å². The minimum atomic E-state index is -0.141. The highest BCUT2D eigenvalue weighted by Crippen LogP contribution is 2.29. The van der Waals surface area contributed by atoms with Gasteiger partial charge in [0.15, 0.2) is 0 Å². The van der Waals surface area contributed by atoms with Crippen LogP contribution >= 0.6 is 0 Å². The van der Waals surface area contributed by atoms with Gasteiger partial charge in [0, 0.05) is 18.4 Å². The van der Waals surface area contributed by atoms with Crippen molar-refractivity contribution >= 4 is 17.4 Å². The average molecular weight is 282 g/mol. The second-order valence-electron chi connectivity index (χ2n) is 6.12. The molecular weight excluding hydrogens is 260 g/mol. The van der Waals surface area contributed by atoms with Crippen LogP contribution in [0.2, 0.25) is 0 Å². The zero-order valence-corrected chi connectivity index (χ0v) is 13.1. The van der Waals surface area contributed by atoms with Gasteiger partial charge in [-0.2, -0.15) is 0 Å². The summed E-state index contributed by atoms with van der Waals surface area (Å²) in [6, 6.07) is 17.4. The third-order valence-corrected chi connectivity index (χ3v) is 3.42. The van der Waals surface area contributed by atoms with Crippen LogP contribution in [0.5, 0.6) is 0 Å². The number of hydrogen-bond acceptors (Lipinski definition) is 1. The Morgan fingerprint density at radius 3 is 2.14 bits per heavy atom. The highest BCUT2D eigenvalue weighted by Gasteiger charge is 2.19. The Morgan fingerprint density at radius 2 is 1.52 bits per heavy atom. The molecule has 2 aromatic rings. The Hall–Kier alpha value is -2.29. The molecule has 0 aliphatic rings. The lowest BCUT2D eigenvalue weighted by Crippen LogP contribution is -2.32. The smallest absolute Gasteiger partial charge is 0.307 e. The van der Waals surface area contributed by atoms with Crippen LogP contribution in [0.25, 0.3) is 0 Å². The van der Waals surface area contributed by atoms with Gasteiger partial charge in [-0.25, -0.2) is 4.79 Å². The Kier molecular flexibility index (Phi) is 4.32. The zero-order chi connectivity index (χ0) is 15.5. The minimum Gasteiger partial charge on any atom is -0.307 e. The summed E-state index contributed by atoms with van der Waals surface area (Å²) in [4.78, 5) is 14.0. The number of nitrogens with zero attached hydrogens (tertiary/aromatic N) is 1. The van der Waals surface area contributed by atoms with Crippen molar-refractivity contribution in [3.05, 3.63) is 60.2 Å². The number of anilines is 2. The maximum absolute atomic E-state index is 12.4. The first kappa shape index (κ1) is 15.1. The predicted molar refractivity (Wildman–Crippen MR) is 89.0 cm³/mol. The monoisotopic (exact) mass is 282 g/mol. The first-order chi connectivity index (χ1) is 9.89. The van der Waals surface area contributed by atoms with Crippen LogP contribution in [0, 0.1) is 0 Å². The molecule has 1 N–H and O–H groups in total. The SMILES string of the molecule is CN(C(=O)Nc1ccccc1C(C)(C)C)c1ccccc1. The van der Waals surface area contributed by atoms with Gasteiger partial charge >= 0.3 is 6.03 Å². The zero-order valence-electron chi connectivity index (χ0n) is 13.1. The summed E-state index contributed by atoms with van der Waals surface area (Å²) in [5, 5.41) is 3.00. The number of benzene rings is 2. The van der Waals surface area contributed by atoms with Gasteiger partial charge in [-0.3, -0.25) is 4.90 Å². The number of amides is 2. The molecule has 3 nitrogen and oxygen atoms in total. The van der Waals surface area contributed by atoms with Crippen molar-refractivity contribution in [2.24, 2.45) is 0 Å². The van der Waals surface area contributed by atoms with Crippen molar-refractivity contribution in [3.63, 3.8) is 0 Å². The third kappa shape index (κ3) is 3.63. The quantitative estimate of drug-likeness (QED) is 0.854. The van der Waals surface area contributed by atoms with Gasteiger partial charge in [0.2, 0.25) is 0 Å². The van der Waals surface area contributed by atoms with Crippen molar-refractivity contribution in [1.82, 2.24) is 0 Å². The molecule has 110 valence electrons. The minimum absolute atomic E-state index is 0.0187. The average Bonchev–Trinajstić information content (AvgIpc) is 2.47. The molecule has 0 fully saturated rings. The van der Waals surface area contributed by atoms with Crippen molar-refractivity contribution in [1.29, 1.82) is 0 Å². The van der Waals surface area contributed by atoms with Gasteiger partial charge in [-0.05, 0) is 29.2 Å². The molecule has 0 heterocycles. The van der Waals surface area contributed by atoms with E-state index in [0.717, 1.165) is 16.9 Å². The lowest BCUT2D eigenvalue weighted by atomic mass is 9.86. The number of para-hydroxylation sites is 2. The van der Waals surface area contributed by atoms with E-state index in [1.165, 1.54) is 0 Å². The van der Waals surface area contributed by atoms with Gasteiger partial charge in [0.1, 0.15) is 0 Å². The fourth-order valence-electron chi connectivity index (χ4n) is 2.21. The molecule has 0 aliphatic heterocycles. The van der Waals surface area contributed by atoms with Gasteiger partial charge in [-0.1, -0.05) is 57.2 Å². The van der Waals surface area contributed by atoms with E-state index in [1.54, 1.807) is 11.9 Å². The summed E-state index contributed by atoms with van der Waals surface area (Å²) < 4.78 is 0.